The first-order chi connectivity index (χ1) is 8.04. The largest absolute Gasteiger partial charge is 0.450 e. The number of rotatable bonds is 2. The highest BCUT2D eigenvalue weighted by molar-refractivity contribution is 5.85. The van der Waals surface area contributed by atoms with Crippen molar-refractivity contribution in [3.05, 3.63) is 23.5 Å². The van der Waals surface area contributed by atoms with E-state index in [0.29, 0.717) is 11.3 Å². The molecule has 1 amide bonds. The molecule has 0 bridgehead atoms. The van der Waals surface area contributed by atoms with Crippen molar-refractivity contribution in [3.8, 4) is 0 Å². The number of nitrogen functional groups attached to an aromatic ring is 1. The van der Waals surface area contributed by atoms with Crippen LogP contribution in [-0.2, 0) is 4.74 Å². The summed E-state index contributed by atoms with van der Waals surface area (Å²) in [5, 5.41) is 2.37. The SMILES string of the molecule is CC.CCOC(=O)Nc1cc(N)c(C)c(F)c1. The first-order valence-electron chi connectivity index (χ1n) is 5.54. The van der Waals surface area contributed by atoms with E-state index in [1.807, 2.05) is 13.8 Å². The number of carbonyl (C=O) groups is 1. The van der Waals surface area contributed by atoms with E-state index in [2.05, 4.69) is 10.1 Å². The molecule has 0 unspecified atom stereocenters. The van der Waals surface area contributed by atoms with E-state index in [-0.39, 0.29) is 12.3 Å². The van der Waals surface area contributed by atoms with Crippen LogP contribution in [0.2, 0.25) is 0 Å². The highest BCUT2D eigenvalue weighted by atomic mass is 19.1. The Balaban J connectivity index is 0.00000121. The molecule has 0 spiro atoms. The first-order valence-corrected chi connectivity index (χ1v) is 5.54. The molecule has 1 aromatic carbocycles. The molecule has 3 N–H and O–H groups in total. The maximum Gasteiger partial charge on any atom is 0.411 e. The van der Waals surface area contributed by atoms with Crippen LogP contribution in [0.15, 0.2) is 12.1 Å². The summed E-state index contributed by atoms with van der Waals surface area (Å²) in [6.07, 6.45) is -0.625. The van der Waals surface area contributed by atoms with Gasteiger partial charge in [-0.1, -0.05) is 13.8 Å². The second-order valence-corrected chi connectivity index (χ2v) is 3.02. The van der Waals surface area contributed by atoms with E-state index >= 15 is 0 Å². The van der Waals surface area contributed by atoms with E-state index in [1.54, 1.807) is 13.8 Å². The Hall–Kier alpha value is -1.78. The summed E-state index contributed by atoms with van der Waals surface area (Å²) in [4.78, 5) is 11.0. The number of anilines is 2. The Morgan fingerprint density at radius 3 is 2.53 bits per heavy atom. The molecule has 0 heterocycles. The van der Waals surface area contributed by atoms with Crippen LogP contribution in [0.3, 0.4) is 0 Å². The number of amides is 1. The lowest BCUT2D eigenvalue weighted by Crippen LogP contribution is -2.13. The quantitative estimate of drug-likeness (QED) is 0.782. The summed E-state index contributed by atoms with van der Waals surface area (Å²) < 4.78 is 17.8. The van der Waals surface area contributed by atoms with Gasteiger partial charge in [0.05, 0.1) is 6.61 Å². The Morgan fingerprint density at radius 1 is 1.47 bits per heavy atom. The van der Waals surface area contributed by atoms with Crippen LogP contribution in [0.5, 0.6) is 0 Å². The molecule has 0 aliphatic rings. The van der Waals surface area contributed by atoms with E-state index in [0.717, 1.165) is 0 Å². The highest BCUT2D eigenvalue weighted by Gasteiger charge is 2.07. The average molecular weight is 242 g/mol. The van der Waals surface area contributed by atoms with E-state index in [9.17, 15) is 9.18 Å². The summed E-state index contributed by atoms with van der Waals surface area (Å²) in [5.74, 6) is -0.457. The van der Waals surface area contributed by atoms with Gasteiger partial charge in [0.25, 0.3) is 0 Å². The Labute approximate surface area is 101 Å². The molecule has 0 atom stereocenters. The summed E-state index contributed by atoms with van der Waals surface area (Å²) in [7, 11) is 0. The molecule has 4 nitrogen and oxygen atoms in total. The molecular formula is C12H19FN2O2. The molecule has 17 heavy (non-hydrogen) atoms. The van der Waals surface area contributed by atoms with Gasteiger partial charge < -0.3 is 10.5 Å². The third-order valence-electron chi connectivity index (χ3n) is 1.91. The highest BCUT2D eigenvalue weighted by Crippen LogP contribution is 2.20. The number of ether oxygens (including phenoxy) is 1. The number of nitrogens with two attached hydrogens (primary N) is 1. The number of carbonyl (C=O) groups excluding carboxylic acids is 1. The maximum atomic E-state index is 13.2. The molecule has 0 aliphatic carbocycles. The van der Waals surface area contributed by atoms with Gasteiger partial charge in [0.15, 0.2) is 0 Å². The van der Waals surface area contributed by atoms with Gasteiger partial charge in [0.2, 0.25) is 0 Å². The van der Waals surface area contributed by atoms with Crippen molar-refractivity contribution in [2.75, 3.05) is 17.7 Å². The summed E-state index contributed by atoms with van der Waals surface area (Å²) in [5.41, 5.74) is 6.48. The lowest BCUT2D eigenvalue weighted by Gasteiger charge is -2.08. The van der Waals surface area contributed by atoms with Gasteiger partial charge in [0.1, 0.15) is 5.82 Å². The number of halogens is 1. The molecule has 0 fully saturated rings. The second-order valence-electron chi connectivity index (χ2n) is 3.02. The summed E-state index contributed by atoms with van der Waals surface area (Å²) in [6.45, 7) is 7.51. The smallest absolute Gasteiger partial charge is 0.411 e. The van der Waals surface area contributed by atoms with Gasteiger partial charge in [0, 0.05) is 16.9 Å². The number of nitrogens with one attached hydrogen (secondary N) is 1. The van der Waals surface area contributed by atoms with Crippen molar-refractivity contribution in [1.82, 2.24) is 0 Å². The van der Waals surface area contributed by atoms with Crippen LogP contribution in [0.4, 0.5) is 20.6 Å². The zero-order valence-corrected chi connectivity index (χ0v) is 10.6. The third kappa shape index (κ3) is 4.72. The Morgan fingerprint density at radius 2 is 2.06 bits per heavy atom. The molecule has 0 aromatic heterocycles. The zero-order chi connectivity index (χ0) is 13.4. The molecule has 0 saturated heterocycles. The van der Waals surface area contributed by atoms with Gasteiger partial charge in [-0.3, -0.25) is 5.32 Å². The number of benzene rings is 1. The van der Waals surface area contributed by atoms with Crippen LogP contribution in [0.1, 0.15) is 26.3 Å². The van der Waals surface area contributed by atoms with E-state index in [4.69, 9.17) is 5.73 Å². The predicted octanol–water partition coefficient (Wildman–Crippen LogP) is 3.31. The van der Waals surface area contributed by atoms with Crippen molar-refractivity contribution >= 4 is 17.5 Å². The number of hydrogen-bond donors (Lipinski definition) is 2. The Kier molecular flexibility index (Phi) is 6.70. The maximum absolute atomic E-state index is 13.2. The standard InChI is InChI=1S/C10H13FN2O2.C2H6/c1-3-15-10(14)13-7-4-8(11)6(2)9(12)5-7;1-2/h4-5H,3,12H2,1-2H3,(H,13,14);1-2H3. The lowest BCUT2D eigenvalue weighted by molar-refractivity contribution is 0.168. The van der Waals surface area contributed by atoms with Gasteiger partial charge in [-0.05, 0) is 26.0 Å². The first kappa shape index (κ1) is 15.2. The minimum absolute atomic E-state index is 0.260. The van der Waals surface area contributed by atoms with Gasteiger partial charge in [-0.25, -0.2) is 9.18 Å². The molecule has 1 rings (SSSR count). The summed E-state index contributed by atoms with van der Waals surface area (Å²) >= 11 is 0. The van der Waals surface area contributed by atoms with Crippen molar-refractivity contribution in [3.63, 3.8) is 0 Å². The van der Waals surface area contributed by atoms with Crippen molar-refractivity contribution in [2.45, 2.75) is 27.7 Å². The van der Waals surface area contributed by atoms with E-state index in [1.165, 1.54) is 12.1 Å². The molecular weight excluding hydrogens is 223 g/mol. The zero-order valence-electron chi connectivity index (χ0n) is 10.6. The molecule has 0 aliphatic heterocycles. The number of hydrogen-bond acceptors (Lipinski definition) is 3. The minimum atomic E-state index is -0.625. The minimum Gasteiger partial charge on any atom is -0.450 e. The Bertz CT molecular complexity index is 358. The monoisotopic (exact) mass is 242 g/mol. The van der Waals surface area contributed by atoms with Crippen LogP contribution < -0.4 is 11.1 Å². The molecule has 1 aromatic rings. The lowest BCUT2D eigenvalue weighted by atomic mass is 10.2. The second kappa shape index (κ2) is 7.49. The predicted molar refractivity (Wildman–Crippen MR) is 67.5 cm³/mol. The average Bonchev–Trinajstić information content (AvgIpc) is 2.29. The fourth-order valence-electron chi connectivity index (χ4n) is 1.06. The fraction of sp³-hybridized carbons (Fsp3) is 0.417. The van der Waals surface area contributed by atoms with Crippen molar-refractivity contribution in [1.29, 1.82) is 0 Å². The third-order valence-corrected chi connectivity index (χ3v) is 1.91. The van der Waals surface area contributed by atoms with E-state index < -0.39 is 11.9 Å². The molecule has 5 heteroatoms. The fourth-order valence-corrected chi connectivity index (χ4v) is 1.06. The van der Waals surface area contributed by atoms with Crippen LogP contribution in [-0.4, -0.2) is 12.7 Å². The molecule has 96 valence electrons. The van der Waals surface area contributed by atoms with Crippen LogP contribution in [0, 0.1) is 12.7 Å². The summed E-state index contributed by atoms with van der Waals surface area (Å²) in [6, 6.07) is 2.68. The topological polar surface area (TPSA) is 64.3 Å². The van der Waals surface area contributed by atoms with Crippen molar-refractivity contribution in [2.24, 2.45) is 0 Å². The van der Waals surface area contributed by atoms with Crippen LogP contribution in [0.25, 0.3) is 0 Å². The molecule has 0 radical (unpaired) electrons. The van der Waals surface area contributed by atoms with Gasteiger partial charge >= 0.3 is 6.09 Å². The molecule has 0 saturated carbocycles. The van der Waals surface area contributed by atoms with Gasteiger partial charge in [-0.2, -0.15) is 0 Å². The van der Waals surface area contributed by atoms with Crippen molar-refractivity contribution < 1.29 is 13.9 Å². The normalized spacial score (nSPS) is 9.00. The van der Waals surface area contributed by atoms with Crippen LogP contribution >= 0.6 is 0 Å². The van der Waals surface area contributed by atoms with Gasteiger partial charge in [-0.15, -0.1) is 0 Å².